The van der Waals surface area contributed by atoms with E-state index in [-0.39, 0.29) is 24.8 Å². The van der Waals surface area contributed by atoms with Crippen molar-refractivity contribution in [3.8, 4) is 11.5 Å². The van der Waals surface area contributed by atoms with Gasteiger partial charge < -0.3 is 19.5 Å². The van der Waals surface area contributed by atoms with Gasteiger partial charge in [0.05, 0.1) is 18.8 Å². The number of rotatable bonds is 3. The van der Waals surface area contributed by atoms with E-state index in [1.54, 1.807) is 6.92 Å². The fourth-order valence-corrected chi connectivity index (χ4v) is 2.86. The molecule has 1 amide bonds. The zero-order valence-electron chi connectivity index (χ0n) is 13.0. The Hall–Kier alpha value is -2.18. The normalized spacial score (nSPS) is 21.4. The first-order valence-corrected chi connectivity index (χ1v) is 7.68. The standard InChI is InChI=1S/C17H20N2O4/c1-12-14(23-15(18-12)13-6-3-2-4-7-13)16(21)19-9-5-8-17(22,10-19)11-20/h2-4,6-7,20,22H,5,8-11H2,1H3/t17-/m0/s1. The number of piperidine rings is 1. The molecule has 6 nitrogen and oxygen atoms in total. The molecule has 3 rings (SSSR count). The van der Waals surface area contributed by atoms with Crippen molar-refractivity contribution in [1.82, 2.24) is 9.88 Å². The minimum atomic E-state index is -1.23. The second kappa shape index (κ2) is 6.14. The quantitative estimate of drug-likeness (QED) is 0.898. The lowest BCUT2D eigenvalue weighted by atomic mass is 9.93. The lowest BCUT2D eigenvalue weighted by Gasteiger charge is -2.37. The molecule has 0 radical (unpaired) electrons. The number of nitrogens with zero attached hydrogens (tertiary/aromatic N) is 2. The average molecular weight is 316 g/mol. The maximum absolute atomic E-state index is 12.7. The summed E-state index contributed by atoms with van der Waals surface area (Å²) >= 11 is 0. The van der Waals surface area contributed by atoms with Gasteiger partial charge >= 0.3 is 0 Å². The first-order chi connectivity index (χ1) is 11.0. The number of aliphatic hydroxyl groups is 2. The van der Waals surface area contributed by atoms with E-state index in [2.05, 4.69) is 4.98 Å². The third-order valence-corrected chi connectivity index (χ3v) is 4.15. The molecule has 2 heterocycles. The van der Waals surface area contributed by atoms with Crippen molar-refractivity contribution >= 4 is 5.91 Å². The van der Waals surface area contributed by atoms with Crippen molar-refractivity contribution in [3.63, 3.8) is 0 Å². The predicted molar refractivity (Wildman–Crippen MR) is 83.8 cm³/mol. The molecule has 0 unspecified atom stereocenters. The van der Waals surface area contributed by atoms with Gasteiger partial charge in [-0.15, -0.1) is 0 Å². The van der Waals surface area contributed by atoms with Crippen LogP contribution in [0.3, 0.4) is 0 Å². The van der Waals surface area contributed by atoms with Crippen molar-refractivity contribution in [1.29, 1.82) is 0 Å². The molecule has 1 atom stereocenters. The van der Waals surface area contributed by atoms with E-state index in [0.29, 0.717) is 31.0 Å². The summed E-state index contributed by atoms with van der Waals surface area (Å²) in [5.41, 5.74) is 0.0940. The largest absolute Gasteiger partial charge is 0.431 e. The van der Waals surface area contributed by atoms with Gasteiger partial charge in [-0.3, -0.25) is 4.79 Å². The van der Waals surface area contributed by atoms with E-state index >= 15 is 0 Å². The van der Waals surface area contributed by atoms with Crippen LogP contribution in [0.25, 0.3) is 11.5 Å². The highest BCUT2D eigenvalue weighted by Crippen LogP contribution is 2.26. The highest BCUT2D eigenvalue weighted by Gasteiger charge is 2.36. The molecule has 1 aromatic carbocycles. The van der Waals surface area contributed by atoms with Crippen LogP contribution in [-0.4, -0.2) is 51.3 Å². The van der Waals surface area contributed by atoms with Gasteiger partial charge in [-0.05, 0) is 31.9 Å². The summed E-state index contributed by atoms with van der Waals surface area (Å²) in [6, 6.07) is 9.38. The van der Waals surface area contributed by atoms with Gasteiger partial charge in [-0.1, -0.05) is 18.2 Å². The molecular formula is C17H20N2O4. The van der Waals surface area contributed by atoms with E-state index in [1.165, 1.54) is 4.90 Å². The second-order valence-corrected chi connectivity index (χ2v) is 6.01. The number of β-amino-alcohol motifs (C(OH)–C–C–N with tert-alkyl or cyclic N) is 1. The predicted octanol–water partition coefficient (Wildman–Crippen LogP) is 1.61. The summed E-state index contributed by atoms with van der Waals surface area (Å²) in [6.07, 6.45) is 1.12. The third-order valence-electron chi connectivity index (χ3n) is 4.15. The number of hydrogen-bond donors (Lipinski definition) is 2. The van der Waals surface area contributed by atoms with E-state index in [0.717, 1.165) is 5.56 Å². The maximum atomic E-state index is 12.7. The molecule has 1 aromatic heterocycles. The van der Waals surface area contributed by atoms with Crippen LogP contribution in [0.5, 0.6) is 0 Å². The maximum Gasteiger partial charge on any atom is 0.291 e. The van der Waals surface area contributed by atoms with Crippen molar-refractivity contribution in [2.75, 3.05) is 19.7 Å². The molecule has 2 aromatic rings. The van der Waals surface area contributed by atoms with Gasteiger partial charge in [0.2, 0.25) is 11.7 Å². The highest BCUT2D eigenvalue weighted by molar-refractivity contribution is 5.93. The number of oxazole rings is 1. The molecule has 1 aliphatic rings. The first kappa shape index (κ1) is 15.7. The fourth-order valence-electron chi connectivity index (χ4n) is 2.86. The Balaban J connectivity index is 1.84. The molecule has 1 saturated heterocycles. The molecular weight excluding hydrogens is 296 g/mol. The minimum absolute atomic E-state index is 0.100. The minimum Gasteiger partial charge on any atom is -0.431 e. The first-order valence-electron chi connectivity index (χ1n) is 7.68. The van der Waals surface area contributed by atoms with Gasteiger partial charge in [-0.25, -0.2) is 4.98 Å². The number of aryl methyl sites for hydroxylation is 1. The molecule has 122 valence electrons. The molecule has 1 aliphatic heterocycles. The Kier molecular flexibility index (Phi) is 4.19. The Morgan fingerprint density at radius 3 is 2.83 bits per heavy atom. The zero-order chi connectivity index (χ0) is 16.4. The van der Waals surface area contributed by atoms with Crippen LogP contribution in [0.1, 0.15) is 29.1 Å². The van der Waals surface area contributed by atoms with Crippen LogP contribution >= 0.6 is 0 Å². The van der Waals surface area contributed by atoms with E-state index in [4.69, 9.17) is 4.42 Å². The number of carbonyl (C=O) groups excluding carboxylic acids is 1. The summed E-state index contributed by atoms with van der Waals surface area (Å²) in [4.78, 5) is 18.5. The number of aromatic nitrogens is 1. The molecule has 0 aliphatic carbocycles. The topological polar surface area (TPSA) is 86.8 Å². The number of hydrogen-bond acceptors (Lipinski definition) is 5. The Morgan fingerprint density at radius 2 is 2.13 bits per heavy atom. The van der Waals surface area contributed by atoms with Crippen molar-refractivity contribution in [3.05, 3.63) is 41.8 Å². The van der Waals surface area contributed by atoms with Crippen LogP contribution in [0.2, 0.25) is 0 Å². The fraction of sp³-hybridized carbons (Fsp3) is 0.412. The van der Waals surface area contributed by atoms with Crippen molar-refractivity contribution in [2.24, 2.45) is 0 Å². The summed E-state index contributed by atoms with van der Waals surface area (Å²) in [6.45, 7) is 2.00. The Labute approximate surface area is 134 Å². The summed E-state index contributed by atoms with van der Waals surface area (Å²) in [5, 5.41) is 19.5. The second-order valence-electron chi connectivity index (χ2n) is 6.01. The van der Waals surface area contributed by atoms with Crippen LogP contribution in [0.4, 0.5) is 0 Å². The van der Waals surface area contributed by atoms with Crippen LogP contribution < -0.4 is 0 Å². The summed E-state index contributed by atoms with van der Waals surface area (Å²) in [5.74, 6) is 0.288. The van der Waals surface area contributed by atoms with Crippen LogP contribution in [0.15, 0.2) is 34.7 Å². The SMILES string of the molecule is Cc1nc(-c2ccccc2)oc1C(=O)N1CCC[C@@](O)(CO)C1. The molecule has 0 spiro atoms. The number of carbonyl (C=O) groups is 1. The molecule has 6 heteroatoms. The smallest absolute Gasteiger partial charge is 0.291 e. The van der Waals surface area contributed by atoms with E-state index < -0.39 is 5.60 Å². The Morgan fingerprint density at radius 1 is 1.39 bits per heavy atom. The molecule has 0 saturated carbocycles. The molecule has 23 heavy (non-hydrogen) atoms. The van der Waals surface area contributed by atoms with Gasteiger partial charge in [-0.2, -0.15) is 0 Å². The van der Waals surface area contributed by atoms with Crippen molar-refractivity contribution < 1.29 is 19.4 Å². The monoisotopic (exact) mass is 316 g/mol. The summed E-state index contributed by atoms with van der Waals surface area (Å²) < 4.78 is 5.67. The highest BCUT2D eigenvalue weighted by atomic mass is 16.4. The summed E-state index contributed by atoms with van der Waals surface area (Å²) in [7, 11) is 0. The van der Waals surface area contributed by atoms with Crippen LogP contribution in [0, 0.1) is 6.92 Å². The molecule has 0 bridgehead atoms. The van der Waals surface area contributed by atoms with Gasteiger partial charge in [0.15, 0.2) is 0 Å². The number of benzene rings is 1. The number of amides is 1. The van der Waals surface area contributed by atoms with Gasteiger partial charge in [0, 0.05) is 12.1 Å². The van der Waals surface area contributed by atoms with Crippen molar-refractivity contribution in [2.45, 2.75) is 25.4 Å². The molecule has 1 fully saturated rings. The van der Waals surface area contributed by atoms with Gasteiger partial charge in [0.25, 0.3) is 5.91 Å². The number of likely N-dealkylation sites (tertiary alicyclic amines) is 1. The lowest BCUT2D eigenvalue weighted by molar-refractivity contribution is -0.0603. The Bertz CT molecular complexity index is 698. The molecule has 2 N–H and O–H groups in total. The van der Waals surface area contributed by atoms with Gasteiger partial charge in [0.1, 0.15) is 5.60 Å². The lowest BCUT2D eigenvalue weighted by Crippen LogP contribution is -2.52. The van der Waals surface area contributed by atoms with E-state index in [1.807, 2.05) is 30.3 Å². The van der Waals surface area contributed by atoms with Crippen LogP contribution in [-0.2, 0) is 0 Å². The van der Waals surface area contributed by atoms with E-state index in [9.17, 15) is 15.0 Å². The third kappa shape index (κ3) is 3.13. The average Bonchev–Trinajstić information content (AvgIpc) is 2.97. The number of aliphatic hydroxyl groups excluding tert-OH is 1. The zero-order valence-corrected chi connectivity index (χ0v) is 13.0.